The standard InChI is InChI=1S/C14H14F2O2/c15-11-5-10(6-12(16)8-11)13-4-2-1-3-9(13)7-14(17)18/h5-8,13H,1-4H2,(H,17,18). The van der Waals surface area contributed by atoms with Crippen molar-refractivity contribution < 1.29 is 18.7 Å². The first kappa shape index (κ1) is 12.7. The van der Waals surface area contributed by atoms with Crippen molar-refractivity contribution >= 4 is 5.97 Å². The third-order valence-corrected chi connectivity index (χ3v) is 3.25. The van der Waals surface area contributed by atoms with Crippen molar-refractivity contribution in [2.75, 3.05) is 0 Å². The van der Waals surface area contributed by atoms with Crippen LogP contribution in [0.25, 0.3) is 0 Å². The minimum atomic E-state index is -1.01. The van der Waals surface area contributed by atoms with Gasteiger partial charge >= 0.3 is 5.97 Å². The average molecular weight is 252 g/mol. The lowest BCUT2D eigenvalue weighted by Gasteiger charge is -2.25. The minimum absolute atomic E-state index is 0.181. The van der Waals surface area contributed by atoms with E-state index in [1.165, 1.54) is 18.2 Å². The van der Waals surface area contributed by atoms with Gasteiger partial charge in [0.2, 0.25) is 0 Å². The van der Waals surface area contributed by atoms with Gasteiger partial charge in [0.05, 0.1) is 0 Å². The average Bonchev–Trinajstić information content (AvgIpc) is 2.27. The van der Waals surface area contributed by atoms with Gasteiger partial charge in [-0.15, -0.1) is 0 Å². The first-order valence-corrected chi connectivity index (χ1v) is 5.95. The van der Waals surface area contributed by atoms with Crippen LogP contribution in [0.4, 0.5) is 8.78 Å². The van der Waals surface area contributed by atoms with E-state index in [1.54, 1.807) is 0 Å². The van der Waals surface area contributed by atoms with Crippen LogP contribution in [0.2, 0.25) is 0 Å². The predicted molar refractivity (Wildman–Crippen MR) is 63.3 cm³/mol. The van der Waals surface area contributed by atoms with Gasteiger partial charge < -0.3 is 5.11 Å². The molecule has 1 N–H and O–H groups in total. The maximum absolute atomic E-state index is 13.2. The quantitative estimate of drug-likeness (QED) is 0.816. The van der Waals surface area contributed by atoms with Crippen molar-refractivity contribution in [3.8, 4) is 0 Å². The fraction of sp³-hybridized carbons (Fsp3) is 0.357. The molecule has 1 unspecified atom stereocenters. The highest BCUT2D eigenvalue weighted by Gasteiger charge is 2.22. The number of hydrogen-bond donors (Lipinski definition) is 1. The van der Waals surface area contributed by atoms with E-state index in [0.29, 0.717) is 12.0 Å². The van der Waals surface area contributed by atoms with Crippen LogP contribution in [0.1, 0.15) is 37.2 Å². The van der Waals surface area contributed by atoms with Gasteiger partial charge in [0, 0.05) is 18.1 Å². The third kappa shape index (κ3) is 2.94. The molecule has 1 fully saturated rings. The second-order valence-electron chi connectivity index (χ2n) is 4.56. The van der Waals surface area contributed by atoms with E-state index in [9.17, 15) is 13.6 Å². The molecule has 1 saturated carbocycles. The van der Waals surface area contributed by atoms with E-state index < -0.39 is 17.6 Å². The molecule has 0 spiro atoms. The molecule has 2 nitrogen and oxygen atoms in total. The molecule has 0 radical (unpaired) electrons. The third-order valence-electron chi connectivity index (χ3n) is 3.25. The zero-order valence-electron chi connectivity index (χ0n) is 9.83. The van der Waals surface area contributed by atoms with Crippen LogP contribution in [0.3, 0.4) is 0 Å². The van der Waals surface area contributed by atoms with Crippen LogP contribution >= 0.6 is 0 Å². The van der Waals surface area contributed by atoms with Gasteiger partial charge in [0.15, 0.2) is 0 Å². The molecule has 1 aromatic carbocycles. The summed E-state index contributed by atoms with van der Waals surface area (Å²) in [7, 11) is 0. The molecule has 0 aromatic heterocycles. The number of carboxylic acid groups (broad SMARTS) is 1. The molecule has 1 aliphatic rings. The van der Waals surface area contributed by atoms with Crippen LogP contribution in [0, 0.1) is 11.6 Å². The molecule has 2 rings (SSSR count). The molecule has 1 atom stereocenters. The number of benzene rings is 1. The summed E-state index contributed by atoms with van der Waals surface area (Å²) in [6, 6.07) is 3.40. The van der Waals surface area contributed by atoms with Crippen LogP contribution in [-0.4, -0.2) is 11.1 Å². The SMILES string of the molecule is O=C(O)C=C1CCCCC1c1cc(F)cc(F)c1. The van der Waals surface area contributed by atoms with Gasteiger partial charge in [-0.3, -0.25) is 0 Å². The van der Waals surface area contributed by atoms with Crippen molar-refractivity contribution in [1.29, 1.82) is 0 Å². The Morgan fingerprint density at radius 2 is 1.89 bits per heavy atom. The summed E-state index contributed by atoms with van der Waals surface area (Å²) in [5.74, 6) is -2.43. The van der Waals surface area contributed by atoms with Crippen LogP contribution in [-0.2, 0) is 4.79 Å². The van der Waals surface area contributed by atoms with Gasteiger partial charge in [0.25, 0.3) is 0 Å². The highest BCUT2D eigenvalue weighted by Crippen LogP contribution is 2.37. The molecule has 0 aliphatic heterocycles. The van der Waals surface area contributed by atoms with Gasteiger partial charge in [-0.2, -0.15) is 0 Å². The zero-order valence-corrected chi connectivity index (χ0v) is 9.83. The van der Waals surface area contributed by atoms with E-state index in [0.717, 1.165) is 30.9 Å². The number of allylic oxidation sites excluding steroid dienone is 1. The molecule has 96 valence electrons. The van der Waals surface area contributed by atoms with E-state index in [2.05, 4.69) is 0 Å². The lowest BCUT2D eigenvalue weighted by Crippen LogP contribution is -2.10. The van der Waals surface area contributed by atoms with E-state index in [4.69, 9.17) is 5.11 Å². The maximum atomic E-state index is 13.2. The number of aliphatic carboxylic acids is 1. The second kappa shape index (κ2) is 5.29. The van der Waals surface area contributed by atoms with Crippen LogP contribution in [0.5, 0.6) is 0 Å². The first-order valence-electron chi connectivity index (χ1n) is 5.95. The van der Waals surface area contributed by atoms with Crippen molar-refractivity contribution in [1.82, 2.24) is 0 Å². The molecule has 18 heavy (non-hydrogen) atoms. The molecule has 0 bridgehead atoms. The first-order chi connectivity index (χ1) is 8.56. The number of rotatable bonds is 2. The fourth-order valence-electron chi connectivity index (χ4n) is 2.53. The maximum Gasteiger partial charge on any atom is 0.328 e. The Labute approximate surface area is 104 Å². The number of carbonyl (C=O) groups is 1. The normalized spacial score (nSPS) is 22.1. The summed E-state index contributed by atoms with van der Waals surface area (Å²) >= 11 is 0. The highest BCUT2D eigenvalue weighted by molar-refractivity contribution is 5.81. The van der Waals surface area contributed by atoms with Gasteiger partial charge in [-0.05, 0) is 37.0 Å². The Hall–Kier alpha value is -1.71. The van der Waals surface area contributed by atoms with Gasteiger partial charge in [-0.25, -0.2) is 13.6 Å². The number of halogens is 2. The zero-order chi connectivity index (χ0) is 13.1. The van der Waals surface area contributed by atoms with E-state index >= 15 is 0 Å². The summed E-state index contributed by atoms with van der Waals surface area (Å²) in [5.41, 5.74) is 1.28. The van der Waals surface area contributed by atoms with E-state index in [-0.39, 0.29) is 5.92 Å². The largest absolute Gasteiger partial charge is 0.478 e. The van der Waals surface area contributed by atoms with Crippen molar-refractivity contribution in [3.05, 3.63) is 47.0 Å². The molecule has 0 heterocycles. The summed E-state index contributed by atoms with van der Waals surface area (Å²) < 4.78 is 26.4. The van der Waals surface area contributed by atoms with E-state index in [1.807, 2.05) is 0 Å². The highest BCUT2D eigenvalue weighted by atomic mass is 19.1. The molecule has 1 aliphatic carbocycles. The minimum Gasteiger partial charge on any atom is -0.478 e. The topological polar surface area (TPSA) is 37.3 Å². The lowest BCUT2D eigenvalue weighted by molar-refractivity contribution is -0.131. The fourth-order valence-corrected chi connectivity index (χ4v) is 2.53. The Kier molecular flexibility index (Phi) is 3.75. The molecular formula is C14H14F2O2. The van der Waals surface area contributed by atoms with Crippen molar-refractivity contribution in [2.24, 2.45) is 0 Å². The summed E-state index contributed by atoms with van der Waals surface area (Å²) in [5, 5.41) is 8.82. The summed E-state index contributed by atoms with van der Waals surface area (Å²) in [6.07, 6.45) is 4.46. The Bertz CT molecular complexity index is 474. The van der Waals surface area contributed by atoms with Crippen molar-refractivity contribution in [3.63, 3.8) is 0 Å². The molecular weight excluding hydrogens is 238 g/mol. The second-order valence-corrected chi connectivity index (χ2v) is 4.56. The smallest absolute Gasteiger partial charge is 0.328 e. The monoisotopic (exact) mass is 252 g/mol. The molecule has 1 aromatic rings. The Morgan fingerprint density at radius 3 is 2.50 bits per heavy atom. The summed E-state index contributed by atoms with van der Waals surface area (Å²) in [6.45, 7) is 0. The van der Waals surface area contributed by atoms with Crippen LogP contribution < -0.4 is 0 Å². The lowest BCUT2D eigenvalue weighted by atomic mass is 9.79. The molecule has 0 saturated heterocycles. The summed E-state index contributed by atoms with van der Waals surface area (Å²) in [4.78, 5) is 10.8. The van der Waals surface area contributed by atoms with Crippen molar-refractivity contribution in [2.45, 2.75) is 31.6 Å². The van der Waals surface area contributed by atoms with Gasteiger partial charge in [0.1, 0.15) is 11.6 Å². The Morgan fingerprint density at radius 1 is 1.22 bits per heavy atom. The Balaban J connectivity index is 2.36. The predicted octanol–water partition coefficient (Wildman–Crippen LogP) is 3.63. The van der Waals surface area contributed by atoms with Crippen LogP contribution in [0.15, 0.2) is 29.8 Å². The molecule has 4 heteroatoms. The van der Waals surface area contributed by atoms with Gasteiger partial charge in [-0.1, -0.05) is 12.0 Å². The molecule has 0 amide bonds. The number of hydrogen-bond acceptors (Lipinski definition) is 1. The number of carboxylic acids is 1.